The Hall–Kier alpha value is -1.70. The average Bonchev–Trinajstić information content (AvgIpc) is 2.90. The van der Waals surface area contributed by atoms with Crippen LogP contribution in [0.25, 0.3) is 0 Å². The molecule has 0 saturated carbocycles. The highest BCUT2D eigenvalue weighted by Gasteiger charge is 2.25. The summed E-state index contributed by atoms with van der Waals surface area (Å²) in [4.78, 5) is 12.4. The maximum absolute atomic E-state index is 12.4. The van der Waals surface area contributed by atoms with E-state index in [0.717, 1.165) is 57.8 Å². The molecule has 1 amide bonds. The number of carbonyl (C=O) groups excluding carboxylic acids is 1. The second-order valence-electron chi connectivity index (χ2n) is 10.7. The molecule has 0 aromatic rings. The minimum absolute atomic E-state index is 0.264. The van der Waals surface area contributed by atoms with Crippen molar-refractivity contribution < 1.29 is 22.9 Å². The normalized spacial score (nSPS) is 14.2. The first-order valence-electron chi connectivity index (χ1n) is 15.8. The van der Waals surface area contributed by atoms with Crippen molar-refractivity contribution in [3.63, 3.8) is 0 Å². The molecule has 0 fully saturated rings. The third-order valence-electron chi connectivity index (χ3n) is 6.80. The summed E-state index contributed by atoms with van der Waals surface area (Å²) >= 11 is 0. The van der Waals surface area contributed by atoms with Crippen molar-refractivity contribution in [2.75, 3.05) is 5.75 Å². The molecule has 0 spiro atoms. The third kappa shape index (κ3) is 27.9. The highest BCUT2D eigenvalue weighted by atomic mass is 32.2. The largest absolute Gasteiger partial charge is 0.391 e. The quantitative estimate of drug-likeness (QED) is 0.0513. The van der Waals surface area contributed by atoms with E-state index in [2.05, 4.69) is 67.8 Å². The van der Waals surface area contributed by atoms with Gasteiger partial charge in [0.25, 0.3) is 10.1 Å². The molecule has 2 unspecified atom stereocenters. The van der Waals surface area contributed by atoms with Crippen LogP contribution in [0.3, 0.4) is 0 Å². The molecular formula is C33H59NO5S. The smallest absolute Gasteiger partial charge is 0.266 e. The van der Waals surface area contributed by atoms with Gasteiger partial charge in [0, 0.05) is 6.42 Å². The predicted molar refractivity (Wildman–Crippen MR) is 170 cm³/mol. The Labute approximate surface area is 246 Å². The van der Waals surface area contributed by atoms with E-state index >= 15 is 0 Å². The molecule has 3 N–H and O–H groups in total. The van der Waals surface area contributed by atoms with Crippen molar-refractivity contribution in [2.45, 2.75) is 148 Å². The number of unbranched alkanes of at least 4 members (excludes halogenated alkanes) is 11. The van der Waals surface area contributed by atoms with Gasteiger partial charge in [-0.05, 0) is 51.4 Å². The van der Waals surface area contributed by atoms with Gasteiger partial charge in [-0.1, -0.05) is 127 Å². The molecule has 0 bridgehead atoms. The van der Waals surface area contributed by atoms with Gasteiger partial charge >= 0.3 is 0 Å². The Morgan fingerprint density at radius 1 is 0.700 bits per heavy atom. The number of aliphatic hydroxyl groups is 1. The van der Waals surface area contributed by atoms with Crippen LogP contribution in [-0.4, -0.2) is 41.9 Å². The lowest BCUT2D eigenvalue weighted by molar-refractivity contribution is -0.122. The number of aliphatic hydroxyl groups excluding tert-OH is 1. The molecule has 0 saturated heterocycles. The summed E-state index contributed by atoms with van der Waals surface area (Å²) in [5.41, 5.74) is 0. The van der Waals surface area contributed by atoms with Crippen LogP contribution < -0.4 is 5.32 Å². The highest BCUT2D eigenvalue weighted by molar-refractivity contribution is 7.85. The predicted octanol–water partition coefficient (Wildman–Crippen LogP) is 8.40. The second-order valence-corrected chi connectivity index (χ2v) is 12.2. The van der Waals surface area contributed by atoms with Gasteiger partial charge in [-0.25, -0.2) is 0 Å². The SMILES string of the molecule is CC/C=C\C/C=C\C/C=C\C/C=C\CCCCC(=O)NC(CS(=O)(=O)O)C(O)CCCCCCCCCCCC. The molecular weight excluding hydrogens is 522 g/mol. The summed E-state index contributed by atoms with van der Waals surface area (Å²) in [7, 11) is -4.31. The second kappa shape index (κ2) is 27.5. The van der Waals surface area contributed by atoms with Crippen LogP contribution in [0.5, 0.6) is 0 Å². The van der Waals surface area contributed by atoms with E-state index in [1.54, 1.807) is 0 Å². The van der Waals surface area contributed by atoms with Gasteiger partial charge in [0.05, 0.1) is 17.9 Å². The summed E-state index contributed by atoms with van der Waals surface area (Å²) < 4.78 is 32.2. The van der Waals surface area contributed by atoms with Crippen molar-refractivity contribution in [2.24, 2.45) is 0 Å². The Kier molecular flexibility index (Phi) is 26.3. The van der Waals surface area contributed by atoms with Gasteiger partial charge in [0.15, 0.2) is 0 Å². The van der Waals surface area contributed by atoms with Crippen molar-refractivity contribution in [1.82, 2.24) is 5.32 Å². The molecule has 0 aliphatic rings. The lowest BCUT2D eigenvalue weighted by Crippen LogP contribution is -2.47. The van der Waals surface area contributed by atoms with Gasteiger partial charge in [-0.15, -0.1) is 0 Å². The van der Waals surface area contributed by atoms with E-state index in [1.807, 2.05) is 0 Å². The van der Waals surface area contributed by atoms with Gasteiger partial charge in [-0.2, -0.15) is 8.42 Å². The Balaban J connectivity index is 4.11. The molecule has 6 nitrogen and oxygen atoms in total. The van der Waals surface area contributed by atoms with Crippen LogP contribution in [0.1, 0.15) is 136 Å². The molecule has 2 atom stereocenters. The molecule has 0 heterocycles. The fraction of sp³-hybridized carbons (Fsp3) is 0.727. The van der Waals surface area contributed by atoms with Crippen molar-refractivity contribution in [3.05, 3.63) is 48.6 Å². The Bertz CT molecular complexity index is 817. The van der Waals surface area contributed by atoms with Gasteiger partial charge in [-0.3, -0.25) is 9.35 Å². The zero-order valence-electron chi connectivity index (χ0n) is 25.4. The maximum Gasteiger partial charge on any atom is 0.266 e. The molecule has 0 aromatic carbocycles. The molecule has 232 valence electrons. The van der Waals surface area contributed by atoms with Gasteiger partial charge in [0.1, 0.15) is 0 Å². The Morgan fingerprint density at radius 2 is 1.20 bits per heavy atom. The third-order valence-corrected chi connectivity index (χ3v) is 7.58. The van der Waals surface area contributed by atoms with Gasteiger partial charge in [0.2, 0.25) is 5.91 Å². The minimum atomic E-state index is -4.31. The summed E-state index contributed by atoms with van der Waals surface area (Å²) in [5, 5.41) is 13.2. The molecule has 7 heteroatoms. The van der Waals surface area contributed by atoms with Crippen LogP contribution in [0.15, 0.2) is 48.6 Å². The van der Waals surface area contributed by atoms with Crippen LogP contribution in [0, 0.1) is 0 Å². The lowest BCUT2D eigenvalue weighted by Gasteiger charge is -2.23. The van der Waals surface area contributed by atoms with Crippen LogP contribution >= 0.6 is 0 Å². The van der Waals surface area contributed by atoms with Crippen molar-refractivity contribution in [3.8, 4) is 0 Å². The van der Waals surface area contributed by atoms with Gasteiger partial charge < -0.3 is 10.4 Å². The number of amides is 1. The first-order valence-corrected chi connectivity index (χ1v) is 17.4. The van der Waals surface area contributed by atoms with E-state index < -0.39 is 28.0 Å². The summed E-state index contributed by atoms with van der Waals surface area (Å²) in [6.45, 7) is 4.35. The number of allylic oxidation sites excluding steroid dienone is 8. The maximum atomic E-state index is 12.4. The van der Waals surface area contributed by atoms with E-state index in [1.165, 1.54) is 44.9 Å². The highest BCUT2D eigenvalue weighted by Crippen LogP contribution is 2.14. The molecule has 0 radical (unpaired) electrons. The van der Waals surface area contributed by atoms with E-state index in [9.17, 15) is 22.9 Å². The monoisotopic (exact) mass is 581 g/mol. The summed E-state index contributed by atoms with van der Waals surface area (Å²) in [6.07, 6.45) is 34.9. The topological polar surface area (TPSA) is 104 Å². The number of hydrogen-bond acceptors (Lipinski definition) is 4. The first-order chi connectivity index (χ1) is 19.3. The van der Waals surface area contributed by atoms with Crippen LogP contribution in [0.4, 0.5) is 0 Å². The summed E-state index contributed by atoms with van der Waals surface area (Å²) in [5.74, 6) is -0.958. The van der Waals surface area contributed by atoms with E-state index in [0.29, 0.717) is 12.8 Å². The van der Waals surface area contributed by atoms with Crippen LogP contribution in [0.2, 0.25) is 0 Å². The van der Waals surface area contributed by atoms with Crippen molar-refractivity contribution >= 4 is 16.0 Å². The Morgan fingerprint density at radius 3 is 1.73 bits per heavy atom. The summed E-state index contributed by atoms with van der Waals surface area (Å²) in [6, 6.07) is -0.990. The molecule has 0 aliphatic carbocycles. The number of carbonyl (C=O) groups is 1. The number of rotatable bonds is 27. The zero-order valence-corrected chi connectivity index (χ0v) is 26.3. The number of hydrogen-bond donors (Lipinski definition) is 3. The molecule has 0 rings (SSSR count). The van der Waals surface area contributed by atoms with Crippen LogP contribution in [-0.2, 0) is 14.9 Å². The molecule has 0 aromatic heterocycles. The van der Waals surface area contributed by atoms with E-state index in [4.69, 9.17) is 0 Å². The molecule has 0 aliphatic heterocycles. The fourth-order valence-corrected chi connectivity index (χ4v) is 5.20. The first kappa shape index (κ1) is 38.3. The van der Waals surface area contributed by atoms with Crippen molar-refractivity contribution in [1.29, 1.82) is 0 Å². The standard InChI is InChI=1S/C33H59NO5S/c1-3-5-7-9-11-13-15-16-17-18-19-21-23-25-27-29-33(36)34-31(30-40(37,38)39)32(35)28-26-24-22-20-14-12-10-8-6-4-2/h5,7,11,13,16-17,19,21,31-32,35H,3-4,6,8-10,12,14-15,18,20,22-30H2,1-2H3,(H,34,36)(H,37,38,39)/b7-5-,13-11-,17-16-,21-19-. The van der Waals surface area contributed by atoms with E-state index in [-0.39, 0.29) is 12.3 Å². The molecule has 40 heavy (non-hydrogen) atoms. The lowest BCUT2D eigenvalue weighted by atomic mass is 10.0. The number of nitrogens with one attached hydrogen (secondary N) is 1. The zero-order chi connectivity index (χ0) is 29.7. The average molecular weight is 582 g/mol. The fourth-order valence-electron chi connectivity index (χ4n) is 4.44. The minimum Gasteiger partial charge on any atom is -0.391 e.